The number of hydrogen-bond acceptors (Lipinski definition) is 4. The van der Waals surface area contributed by atoms with E-state index in [0.717, 1.165) is 0 Å². The summed E-state index contributed by atoms with van der Waals surface area (Å²) in [6.07, 6.45) is 9.63. The van der Waals surface area contributed by atoms with E-state index in [0.29, 0.717) is 10.1 Å². The summed E-state index contributed by atoms with van der Waals surface area (Å²) in [5.41, 5.74) is -1.97. The highest BCUT2D eigenvalue weighted by molar-refractivity contribution is 7.93. The molecule has 0 aromatic carbocycles. The first kappa shape index (κ1) is 24.3. The molecule has 0 saturated heterocycles. The van der Waals surface area contributed by atoms with E-state index in [1.54, 1.807) is 26.0 Å². The minimum absolute atomic E-state index is 0.107. The minimum atomic E-state index is -3.87. The van der Waals surface area contributed by atoms with Crippen molar-refractivity contribution in [1.82, 2.24) is 0 Å². The number of alkyl halides is 2. The van der Waals surface area contributed by atoms with Crippen molar-refractivity contribution in [3.05, 3.63) is 46.5 Å². The Bertz CT molecular complexity index is 901. The molecule has 6 unspecified atom stereocenters. The van der Waals surface area contributed by atoms with Crippen LogP contribution >= 0.6 is 46.4 Å². The summed E-state index contributed by atoms with van der Waals surface area (Å²) in [4.78, 5) is 0. The molecule has 4 nitrogen and oxygen atoms in total. The summed E-state index contributed by atoms with van der Waals surface area (Å²) >= 11 is 24.4. The molecule has 0 amide bonds. The van der Waals surface area contributed by atoms with Gasteiger partial charge in [-0.3, -0.25) is 0 Å². The van der Waals surface area contributed by atoms with E-state index < -0.39 is 41.9 Å². The molecule has 0 aromatic rings. The topological polar surface area (TPSA) is 81.7 Å². The van der Waals surface area contributed by atoms with Gasteiger partial charge in [0.05, 0.1) is 22.6 Å². The maximum atomic E-state index is 13.8. The van der Waals surface area contributed by atoms with Gasteiger partial charge in [0, 0.05) is 20.9 Å². The van der Waals surface area contributed by atoms with E-state index in [1.807, 2.05) is 12.1 Å². The van der Waals surface area contributed by atoms with Crippen molar-refractivity contribution < 1.29 is 8.42 Å². The second kappa shape index (κ2) is 9.04. The van der Waals surface area contributed by atoms with Gasteiger partial charge in [0.15, 0.2) is 9.84 Å². The van der Waals surface area contributed by atoms with Crippen molar-refractivity contribution in [2.75, 3.05) is 0 Å². The van der Waals surface area contributed by atoms with Gasteiger partial charge < -0.3 is 0 Å². The van der Waals surface area contributed by atoms with Crippen LogP contribution in [-0.2, 0) is 9.84 Å². The molecule has 0 heterocycles. The summed E-state index contributed by atoms with van der Waals surface area (Å²) in [5.74, 6) is 0. The van der Waals surface area contributed by atoms with Crippen LogP contribution in [0.2, 0.25) is 0 Å². The number of sulfone groups is 1. The number of hydrogen-bond donors (Lipinski definition) is 0. The monoisotopic (exact) mass is 492 g/mol. The normalized spacial score (nSPS) is 33.8. The van der Waals surface area contributed by atoms with Crippen molar-refractivity contribution in [3.63, 3.8) is 0 Å². The van der Waals surface area contributed by atoms with Gasteiger partial charge in [-0.1, -0.05) is 61.4 Å². The lowest BCUT2D eigenvalue weighted by molar-refractivity contribution is 0.368. The van der Waals surface area contributed by atoms with Gasteiger partial charge in [-0.05, 0) is 25.0 Å². The number of nitriles is 2. The predicted molar refractivity (Wildman–Crippen MR) is 119 cm³/mol. The zero-order valence-electron chi connectivity index (χ0n) is 15.8. The minimum Gasteiger partial charge on any atom is -0.228 e. The molecule has 0 N–H and O–H groups in total. The van der Waals surface area contributed by atoms with Crippen LogP contribution in [0, 0.1) is 33.5 Å². The summed E-state index contributed by atoms with van der Waals surface area (Å²) in [5, 5.41) is 15.4. The van der Waals surface area contributed by atoms with Crippen molar-refractivity contribution in [2.45, 2.75) is 47.9 Å². The SMILES string of the molecule is CC1(CC(Cl)C#N)C=C(Cl)C=CC1S(=O)(=O)C1C=CC(Cl)=CC1(C)CC(Cl)C#N. The quantitative estimate of drug-likeness (QED) is 0.452. The average Bonchev–Trinajstić information content (AvgIpc) is 2.59. The van der Waals surface area contributed by atoms with Crippen LogP contribution in [0.25, 0.3) is 0 Å². The van der Waals surface area contributed by atoms with Gasteiger partial charge in [0.25, 0.3) is 0 Å². The summed E-state index contributed by atoms with van der Waals surface area (Å²) in [6.45, 7) is 3.44. The highest BCUT2D eigenvalue weighted by Crippen LogP contribution is 2.47. The fourth-order valence-electron chi connectivity index (χ4n) is 4.03. The van der Waals surface area contributed by atoms with Crippen LogP contribution in [0.4, 0.5) is 0 Å². The van der Waals surface area contributed by atoms with E-state index in [9.17, 15) is 8.42 Å². The molecule has 156 valence electrons. The lowest BCUT2D eigenvalue weighted by atomic mass is 9.78. The average molecular weight is 494 g/mol. The van der Waals surface area contributed by atoms with Crippen molar-refractivity contribution in [2.24, 2.45) is 10.8 Å². The Kier molecular flexibility index (Phi) is 7.59. The third kappa shape index (κ3) is 5.22. The third-order valence-corrected chi connectivity index (χ3v) is 9.10. The van der Waals surface area contributed by atoms with Gasteiger partial charge in [-0.2, -0.15) is 10.5 Å². The molecule has 0 fully saturated rings. The smallest absolute Gasteiger partial charge is 0.164 e. The second-order valence-electron chi connectivity index (χ2n) is 7.82. The number of nitrogens with zero attached hydrogens (tertiary/aromatic N) is 2. The first-order valence-electron chi connectivity index (χ1n) is 8.81. The van der Waals surface area contributed by atoms with E-state index in [4.69, 9.17) is 56.9 Å². The van der Waals surface area contributed by atoms with E-state index in [2.05, 4.69) is 0 Å². The fourth-order valence-corrected chi connectivity index (χ4v) is 8.08. The Morgan fingerprint density at radius 1 is 0.931 bits per heavy atom. The molecule has 29 heavy (non-hydrogen) atoms. The molecular weight excluding hydrogens is 474 g/mol. The second-order valence-corrected chi connectivity index (χ2v) is 11.9. The lowest BCUT2D eigenvalue weighted by Crippen LogP contribution is -2.48. The van der Waals surface area contributed by atoms with Crippen LogP contribution in [0.5, 0.6) is 0 Å². The molecule has 0 radical (unpaired) electrons. The highest BCUT2D eigenvalue weighted by atomic mass is 35.5. The van der Waals surface area contributed by atoms with Crippen molar-refractivity contribution in [3.8, 4) is 12.1 Å². The molecule has 0 aliphatic heterocycles. The molecule has 0 saturated carbocycles. The van der Waals surface area contributed by atoms with Gasteiger partial charge >= 0.3 is 0 Å². The number of rotatable bonds is 6. The Labute approximate surface area is 192 Å². The van der Waals surface area contributed by atoms with Crippen LogP contribution < -0.4 is 0 Å². The first-order chi connectivity index (χ1) is 13.4. The maximum absolute atomic E-state index is 13.8. The zero-order chi connectivity index (χ0) is 22.0. The molecule has 2 aliphatic rings. The largest absolute Gasteiger partial charge is 0.228 e. The summed E-state index contributed by atoms with van der Waals surface area (Å²) < 4.78 is 27.7. The predicted octanol–water partition coefficient (Wildman–Crippen LogP) is 5.58. The van der Waals surface area contributed by atoms with Crippen LogP contribution in [0.1, 0.15) is 26.7 Å². The number of allylic oxidation sites excluding steroid dienone is 6. The zero-order valence-corrected chi connectivity index (χ0v) is 19.7. The standard InChI is InChI=1S/C20H20Cl4N2O2S/c1-19(9-15(23)11-25)7-13(21)3-5-17(19)29(27,28)18-6-4-14(22)8-20(18,2)10-16(24)12-26/h3-8,15-18H,9-10H2,1-2H3. The highest BCUT2D eigenvalue weighted by Gasteiger charge is 2.51. The first-order valence-corrected chi connectivity index (χ1v) is 12.0. The Morgan fingerprint density at radius 2 is 1.28 bits per heavy atom. The molecule has 0 aromatic heterocycles. The molecule has 0 spiro atoms. The van der Waals surface area contributed by atoms with Gasteiger partial charge in [0.2, 0.25) is 0 Å². The molecule has 2 rings (SSSR count). The molecule has 6 atom stereocenters. The van der Waals surface area contributed by atoms with Crippen molar-refractivity contribution >= 4 is 56.2 Å². The maximum Gasteiger partial charge on any atom is 0.164 e. The van der Waals surface area contributed by atoms with Crippen molar-refractivity contribution in [1.29, 1.82) is 10.5 Å². The molecule has 2 aliphatic carbocycles. The van der Waals surface area contributed by atoms with Gasteiger partial charge in [0.1, 0.15) is 10.8 Å². The van der Waals surface area contributed by atoms with E-state index in [-0.39, 0.29) is 12.8 Å². The summed E-state index contributed by atoms with van der Waals surface area (Å²) in [7, 11) is -3.87. The molecule has 0 bridgehead atoms. The Morgan fingerprint density at radius 3 is 1.59 bits per heavy atom. The van der Waals surface area contributed by atoms with Gasteiger partial charge in [-0.25, -0.2) is 8.42 Å². The third-order valence-electron chi connectivity index (χ3n) is 5.32. The fraction of sp³-hybridized carbons (Fsp3) is 0.500. The van der Waals surface area contributed by atoms with E-state index >= 15 is 0 Å². The van der Waals surface area contributed by atoms with Crippen LogP contribution in [0.3, 0.4) is 0 Å². The molecule has 9 heteroatoms. The lowest BCUT2D eigenvalue weighted by Gasteiger charge is -2.42. The molecular formula is C20H20Cl4N2O2S. The summed E-state index contributed by atoms with van der Waals surface area (Å²) in [6, 6.07) is 3.88. The van der Waals surface area contributed by atoms with Gasteiger partial charge in [-0.15, -0.1) is 23.2 Å². The van der Waals surface area contributed by atoms with Crippen LogP contribution in [-0.4, -0.2) is 29.7 Å². The Balaban J connectivity index is 2.54. The van der Waals surface area contributed by atoms with E-state index in [1.165, 1.54) is 24.3 Å². The Hall–Kier alpha value is -0.950. The number of halogens is 4. The van der Waals surface area contributed by atoms with Crippen LogP contribution in [0.15, 0.2) is 46.5 Å².